The van der Waals surface area contributed by atoms with Crippen LogP contribution in [0.2, 0.25) is 0 Å². The molecule has 5 atom stereocenters. The topological polar surface area (TPSA) is 126 Å². The molecule has 4 N–H and O–H groups in total. The molecule has 2 amide bonds. The third-order valence-corrected chi connectivity index (χ3v) is 8.01. The number of carbonyl (C=O) groups excluding carboxylic acids is 2. The normalized spacial score (nSPS) is 26.6. The van der Waals surface area contributed by atoms with Gasteiger partial charge in [-0.15, -0.1) is 0 Å². The third kappa shape index (κ3) is 2.31. The van der Waals surface area contributed by atoms with Crippen LogP contribution >= 0.6 is 0 Å². The molecule has 0 aliphatic carbocycles. The van der Waals surface area contributed by atoms with E-state index in [0.29, 0.717) is 43.6 Å². The van der Waals surface area contributed by atoms with Crippen molar-refractivity contribution in [2.75, 3.05) is 6.61 Å². The zero-order chi connectivity index (χ0) is 25.5. The molecule has 0 saturated carbocycles. The van der Waals surface area contributed by atoms with Crippen LogP contribution in [-0.4, -0.2) is 61.2 Å². The zero-order valence-electron chi connectivity index (χ0n) is 18.8. The largest absolute Gasteiger partial charge is 0.394 e. The van der Waals surface area contributed by atoms with Crippen molar-refractivity contribution >= 4 is 55.4 Å². The predicted octanol–water partition coefficient (Wildman–Crippen LogP) is 2.23. The van der Waals surface area contributed by atoms with Crippen molar-refractivity contribution in [2.45, 2.75) is 30.6 Å². The molecule has 9 nitrogen and oxygen atoms in total. The number of nitrogens with zero attached hydrogens (tertiary/aromatic N) is 2. The Labute approximate surface area is 205 Å². The van der Waals surface area contributed by atoms with Crippen LogP contribution in [0.4, 0.5) is 8.78 Å². The van der Waals surface area contributed by atoms with Gasteiger partial charge < -0.3 is 29.2 Å². The van der Waals surface area contributed by atoms with Gasteiger partial charge in [0.1, 0.15) is 36.0 Å². The van der Waals surface area contributed by atoms with Gasteiger partial charge >= 0.3 is 0 Å². The van der Waals surface area contributed by atoms with Gasteiger partial charge in [-0.3, -0.25) is 14.9 Å². The summed E-state index contributed by atoms with van der Waals surface area (Å²) in [6.07, 6.45) is -4.99. The summed E-state index contributed by atoms with van der Waals surface area (Å²) in [5.41, 5.74) is 1.89. The van der Waals surface area contributed by atoms with Crippen LogP contribution in [0.5, 0.6) is 0 Å². The molecule has 0 radical (unpaired) electrons. The lowest BCUT2D eigenvalue weighted by Gasteiger charge is -2.46. The molecular weight excluding hydrogens is 488 g/mol. The van der Waals surface area contributed by atoms with Gasteiger partial charge in [-0.1, -0.05) is 0 Å². The van der Waals surface area contributed by atoms with Crippen LogP contribution < -0.4 is 5.32 Å². The Balaban J connectivity index is 1.70. The number of nitrogens with one attached hydrogen (secondary N) is 1. The van der Waals surface area contributed by atoms with Gasteiger partial charge in [-0.2, -0.15) is 0 Å². The lowest BCUT2D eigenvalue weighted by Crippen LogP contribution is -2.55. The molecule has 5 aromatic rings. The Morgan fingerprint density at radius 3 is 1.95 bits per heavy atom. The van der Waals surface area contributed by atoms with Gasteiger partial charge in [-0.05, 0) is 36.4 Å². The molecule has 37 heavy (non-hydrogen) atoms. The average Bonchev–Trinajstić information content (AvgIpc) is 3.47. The fourth-order valence-electron chi connectivity index (χ4n) is 6.63. The van der Waals surface area contributed by atoms with Crippen molar-refractivity contribution in [2.24, 2.45) is 0 Å². The number of aliphatic hydroxyl groups is 3. The third-order valence-electron chi connectivity index (χ3n) is 8.01. The number of halogens is 2. The van der Waals surface area contributed by atoms with E-state index in [1.54, 1.807) is 9.13 Å². The number of benzene rings is 3. The summed E-state index contributed by atoms with van der Waals surface area (Å²) in [7, 11) is 0. The summed E-state index contributed by atoms with van der Waals surface area (Å²) < 4.78 is 38.7. The molecule has 1 saturated heterocycles. The Kier molecular flexibility index (Phi) is 3.84. The number of carbonyl (C=O) groups is 2. The first-order valence-electron chi connectivity index (χ1n) is 11.7. The van der Waals surface area contributed by atoms with E-state index in [-0.39, 0.29) is 11.1 Å². The quantitative estimate of drug-likeness (QED) is 0.259. The molecule has 11 heteroatoms. The predicted molar refractivity (Wildman–Crippen MR) is 126 cm³/mol. The minimum atomic E-state index is -1.45. The maximum Gasteiger partial charge on any atom is 0.259 e. The van der Waals surface area contributed by atoms with Crippen LogP contribution in [0.15, 0.2) is 36.4 Å². The minimum absolute atomic E-state index is 0.0450. The first-order valence-corrected chi connectivity index (χ1v) is 11.7. The van der Waals surface area contributed by atoms with E-state index >= 15 is 0 Å². The van der Waals surface area contributed by atoms with Crippen LogP contribution in [-0.2, 0) is 4.74 Å². The van der Waals surface area contributed by atoms with Gasteiger partial charge in [0, 0.05) is 27.1 Å². The standard InChI is InChI=1S/C26H17F2N3O6/c27-8-1-3-12-10(5-8)15-17-18(25(36)29-24(17)35)16-11-6-9(28)2-4-13(11)31-20(16)19(15)30(12)21-23(34)22(33)14(7-32)37-26(21)31/h1-6,14,21-23,26,32-34H,7H2,(H,29,35,36)/t14-,21+,22-,23-,26-/m1/s1. The van der Waals surface area contributed by atoms with Crippen molar-refractivity contribution in [3.63, 3.8) is 0 Å². The number of aromatic nitrogens is 2. The van der Waals surface area contributed by atoms with E-state index in [2.05, 4.69) is 5.32 Å². The van der Waals surface area contributed by atoms with Crippen molar-refractivity contribution in [3.05, 3.63) is 59.2 Å². The molecule has 0 bridgehead atoms. The number of hydrogen-bond acceptors (Lipinski definition) is 6. The SMILES string of the molecule is O=C1NC(=O)c2c1c1c3cc(F)ccc3n3c1c1c2c2cc(F)ccc2n1[C@@H]1O[C@H](CO)[C@@H](O)[C@H](O)[C@@H]13. The molecule has 1 fully saturated rings. The van der Waals surface area contributed by atoms with E-state index in [1.807, 2.05) is 0 Å². The molecule has 186 valence electrons. The van der Waals surface area contributed by atoms with Crippen LogP contribution in [0, 0.1) is 11.6 Å². The summed E-state index contributed by atoms with van der Waals surface area (Å²) in [4.78, 5) is 26.2. The fraction of sp³-hybridized carbons (Fsp3) is 0.231. The van der Waals surface area contributed by atoms with Gasteiger partial charge in [0.05, 0.1) is 34.3 Å². The molecule has 3 aromatic carbocycles. The molecule has 0 spiro atoms. The zero-order valence-corrected chi connectivity index (χ0v) is 18.8. The number of hydrogen-bond donors (Lipinski definition) is 4. The summed E-state index contributed by atoms with van der Waals surface area (Å²) >= 11 is 0. The fourth-order valence-corrected chi connectivity index (χ4v) is 6.63. The van der Waals surface area contributed by atoms with E-state index in [9.17, 15) is 33.7 Å². The molecule has 3 aliphatic rings. The van der Waals surface area contributed by atoms with Crippen molar-refractivity contribution in [1.29, 1.82) is 0 Å². The summed E-state index contributed by atoms with van der Waals surface area (Å²) in [5, 5.41) is 35.6. The smallest absolute Gasteiger partial charge is 0.259 e. The average molecular weight is 505 g/mol. The Bertz CT molecular complexity index is 1910. The van der Waals surface area contributed by atoms with E-state index in [1.165, 1.54) is 36.4 Å². The second kappa shape index (κ2) is 6.69. The van der Waals surface area contributed by atoms with Gasteiger partial charge in [0.2, 0.25) is 0 Å². The van der Waals surface area contributed by atoms with Crippen LogP contribution in [0.3, 0.4) is 0 Å². The molecular formula is C26H17F2N3O6. The van der Waals surface area contributed by atoms with Crippen LogP contribution in [0.25, 0.3) is 43.6 Å². The summed E-state index contributed by atoms with van der Waals surface area (Å²) in [6.45, 7) is -0.570. The van der Waals surface area contributed by atoms with Crippen molar-refractivity contribution in [1.82, 2.24) is 14.5 Å². The lowest BCUT2D eigenvalue weighted by atomic mass is 9.93. The maximum absolute atomic E-state index is 14.5. The number of rotatable bonds is 1. The Morgan fingerprint density at radius 1 is 0.838 bits per heavy atom. The number of fused-ring (bicyclic) bond motifs is 12. The van der Waals surface area contributed by atoms with E-state index < -0.39 is 60.6 Å². The van der Waals surface area contributed by atoms with Gasteiger partial charge in [-0.25, -0.2) is 8.78 Å². The van der Waals surface area contributed by atoms with E-state index in [4.69, 9.17) is 4.74 Å². The lowest BCUT2D eigenvalue weighted by molar-refractivity contribution is -0.223. The number of aliphatic hydroxyl groups excluding tert-OH is 3. The van der Waals surface area contributed by atoms with Crippen molar-refractivity contribution < 1.29 is 38.4 Å². The highest BCUT2D eigenvalue weighted by Crippen LogP contribution is 2.53. The number of amides is 2. The molecule has 2 aromatic heterocycles. The Hall–Kier alpha value is -3.90. The minimum Gasteiger partial charge on any atom is -0.394 e. The van der Waals surface area contributed by atoms with Gasteiger partial charge in [0.15, 0.2) is 6.23 Å². The molecule has 0 unspecified atom stereocenters. The molecule has 8 rings (SSSR count). The highest BCUT2D eigenvalue weighted by atomic mass is 19.1. The number of imide groups is 1. The first-order chi connectivity index (χ1) is 17.8. The first kappa shape index (κ1) is 21.2. The highest BCUT2D eigenvalue weighted by molar-refractivity contribution is 6.39. The molecule has 3 aliphatic heterocycles. The van der Waals surface area contributed by atoms with Crippen molar-refractivity contribution in [3.8, 4) is 0 Å². The summed E-state index contributed by atoms with van der Waals surface area (Å²) in [6, 6.07) is 7.07. The van der Waals surface area contributed by atoms with E-state index in [0.717, 1.165) is 0 Å². The highest BCUT2D eigenvalue weighted by Gasteiger charge is 2.51. The Morgan fingerprint density at radius 2 is 1.38 bits per heavy atom. The second-order valence-corrected chi connectivity index (χ2v) is 9.76. The second-order valence-electron chi connectivity index (χ2n) is 9.76. The maximum atomic E-state index is 14.5. The number of ether oxygens (including phenoxy) is 1. The van der Waals surface area contributed by atoms with Gasteiger partial charge in [0.25, 0.3) is 11.8 Å². The summed E-state index contributed by atoms with van der Waals surface area (Å²) in [5.74, 6) is -2.44. The molecule has 5 heterocycles. The monoisotopic (exact) mass is 505 g/mol. The van der Waals surface area contributed by atoms with Crippen LogP contribution in [0.1, 0.15) is 33.0 Å².